The molecule has 2 rings (SSSR count). The highest BCUT2D eigenvalue weighted by Gasteiger charge is 2.19. The Labute approximate surface area is 110 Å². The molecule has 0 saturated carbocycles. The van der Waals surface area contributed by atoms with Gasteiger partial charge >= 0.3 is 6.09 Å². The van der Waals surface area contributed by atoms with Crippen LogP contribution in [-0.4, -0.2) is 23.9 Å². The van der Waals surface area contributed by atoms with Crippen LogP contribution in [0.4, 0.5) is 9.18 Å². The molecule has 0 aliphatic carbocycles. The number of hydrogen-bond acceptors (Lipinski definition) is 3. The molecule has 0 saturated heterocycles. The standard InChI is InChI=1S/C14H16FNO3/c1-8(2)19-14(17)16-9(3)5-10-6-11(18-4)7-12(15)13(10)16/h5-8H,1-4H3. The molecule has 1 heterocycles. The quantitative estimate of drug-likeness (QED) is 0.834. The zero-order valence-electron chi connectivity index (χ0n) is 11.4. The highest BCUT2D eigenvalue weighted by atomic mass is 19.1. The molecule has 19 heavy (non-hydrogen) atoms. The van der Waals surface area contributed by atoms with Gasteiger partial charge in [-0.15, -0.1) is 0 Å². The third-order valence-corrected chi connectivity index (χ3v) is 2.76. The summed E-state index contributed by atoms with van der Waals surface area (Å²) in [5.41, 5.74) is 0.830. The van der Waals surface area contributed by atoms with E-state index in [2.05, 4.69) is 0 Å². The van der Waals surface area contributed by atoms with E-state index in [0.29, 0.717) is 16.8 Å². The first-order valence-electron chi connectivity index (χ1n) is 6.00. The van der Waals surface area contributed by atoms with E-state index in [-0.39, 0.29) is 11.6 Å². The second kappa shape index (κ2) is 4.91. The first kappa shape index (κ1) is 13.4. The summed E-state index contributed by atoms with van der Waals surface area (Å²) in [6, 6.07) is 4.66. The summed E-state index contributed by atoms with van der Waals surface area (Å²) in [5.74, 6) is -0.0949. The maximum atomic E-state index is 14.1. The highest BCUT2D eigenvalue weighted by molar-refractivity contribution is 5.92. The van der Waals surface area contributed by atoms with E-state index >= 15 is 0 Å². The summed E-state index contributed by atoms with van der Waals surface area (Å²) in [5, 5.41) is 0.607. The average molecular weight is 265 g/mol. The number of aromatic nitrogens is 1. The Morgan fingerprint density at radius 1 is 1.32 bits per heavy atom. The van der Waals surface area contributed by atoms with Crippen LogP contribution in [0.25, 0.3) is 10.9 Å². The van der Waals surface area contributed by atoms with Gasteiger partial charge in [0.05, 0.1) is 18.7 Å². The van der Waals surface area contributed by atoms with Crippen molar-refractivity contribution in [3.05, 3.63) is 29.7 Å². The molecule has 0 aliphatic rings. The van der Waals surface area contributed by atoms with Gasteiger partial charge in [-0.25, -0.2) is 13.8 Å². The van der Waals surface area contributed by atoms with Gasteiger partial charge in [0.1, 0.15) is 5.75 Å². The Morgan fingerprint density at radius 3 is 2.58 bits per heavy atom. The molecule has 0 radical (unpaired) electrons. The number of benzene rings is 1. The van der Waals surface area contributed by atoms with Gasteiger partial charge in [0, 0.05) is 17.1 Å². The summed E-state index contributed by atoms with van der Waals surface area (Å²) >= 11 is 0. The summed E-state index contributed by atoms with van der Waals surface area (Å²) in [6.07, 6.45) is -0.836. The number of rotatable bonds is 2. The van der Waals surface area contributed by atoms with E-state index in [9.17, 15) is 9.18 Å². The molecule has 0 bridgehead atoms. The smallest absolute Gasteiger partial charge is 0.419 e. The molecule has 1 aromatic carbocycles. The minimum atomic E-state index is -0.577. The van der Waals surface area contributed by atoms with Crippen LogP contribution >= 0.6 is 0 Å². The van der Waals surface area contributed by atoms with Crippen molar-refractivity contribution in [1.29, 1.82) is 0 Å². The Kier molecular flexibility index (Phi) is 3.46. The van der Waals surface area contributed by atoms with Crippen molar-refractivity contribution in [3.8, 4) is 5.75 Å². The summed E-state index contributed by atoms with van der Waals surface area (Å²) in [7, 11) is 1.47. The number of carbonyl (C=O) groups is 1. The van der Waals surface area contributed by atoms with Gasteiger partial charge in [-0.05, 0) is 32.9 Å². The first-order valence-corrected chi connectivity index (χ1v) is 6.00. The third kappa shape index (κ3) is 2.41. The molecule has 0 N–H and O–H groups in total. The van der Waals surface area contributed by atoms with Gasteiger partial charge in [0.25, 0.3) is 0 Å². The van der Waals surface area contributed by atoms with Crippen molar-refractivity contribution in [1.82, 2.24) is 4.57 Å². The average Bonchev–Trinajstić information content (AvgIpc) is 2.64. The van der Waals surface area contributed by atoms with Gasteiger partial charge in [-0.2, -0.15) is 0 Å². The minimum Gasteiger partial charge on any atom is -0.497 e. The van der Waals surface area contributed by atoms with Crippen molar-refractivity contribution in [2.24, 2.45) is 0 Å². The zero-order chi connectivity index (χ0) is 14.2. The fourth-order valence-electron chi connectivity index (χ4n) is 2.01. The van der Waals surface area contributed by atoms with Crippen LogP contribution in [0.3, 0.4) is 0 Å². The Hall–Kier alpha value is -2.04. The van der Waals surface area contributed by atoms with E-state index in [4.69, 9.17) is 9.47 Å². The summed E-state index contributed by atoms with van der Waals surface area (Å²) in [6.45, 7) is 5.23. The normalized spacial score (nSPS) is 11.1. The van der Waals surface area contributed by atoms with E-state index in [1.54, 1.807) is 32.9 Å². The number of nitrogens with zero attached hydrogens (tertiary/aromatic N) is 1. The topological polar surface area (TPSA) is 40.5 Å². The molecule has 102 valence electrons. The highest BCUT2D eigenvalue weighted by Crippen LogP contribution is 2.27. The molecule has 2 aromatic rings. The van der Waals surface area contributed by atoms with Gasteiger partial charge in [-0.3, -0.25) is 0 Å². The van der Waals surface area contributed by atoms with Gasteiger partial charge in [-0.1, -0.05) is 0 Å². The lowest BCUT2D eigenvalue weighted by Gasteiger charge is -2.11. The molecular formula is C14H16FNO3. The van der Waals surface area contributed by atoms with Gasteiger partial charge in [0.2, 0.25) is 0 Å². The molecule has 0 fully saturated rings. The zero-order valence-corrected chi connectivity index (χ0v) is 11.4. The van der Waals surface area contributed by atoms with Crippen LogP contribution in [0.5, 0.6) is 5.75 Å². The Morgan fingerprint density at radius 2 is 2.00 bits per heavy atom. The van der Waals surface area contributed by atoms with Crippen molar-refractivity contribution in [2.45, 2.75) is 26.9 Å². The fraction of sp³-hybridized carbons (Fsp3) is 0.357. The summed E-state index contributed by atoms with van der Waals surface area (Å²) in [4.78, 5) is 12.0. The fourth-order valence-corrected chi connectivity index (χ4v) is 2.01. The van der Waals surface area contributed by atoms with Crippen LogP contribution < -0.4 is 4.74 Å². The van der Waals surface area contributed by atoms with Crippen molar-refractivity contribution in [3.63, 3.8) is 0 Å². The van der Waals surface area contributed by atoms with Crippen molar-refractivity contribution >= 4 is 17.0 Å². The lowest BCUT2D eigenvalue weighted by Crippen LogP contribution is -2.19. The molecule has 0 amide bonds. The summed E-state index contributed by atoms with van der Waals surface area (Å²) < 4.78 is 25.5. The van der Waals surface area contributed by atoms with E-state index < -0.39 is 11.9 Å². The molecule has 0 unspecified atom stereocenters. The molecule has 0 spiro atoms. The lowest BCUT2D eigenvalue weighted by molar-refractivity contribution is 0.117. The Balaban J connectivity index is 2.61. The number of methoxy groups -OCH3 is 1. The largest absolute Gasteiger partial charge is 0.497 e. The number of carbonyl (C=O) groups excluding carboxylic acids is 1. The predicted octanol–water partition coefficient (Wildman–Crippen LogP) is 3.49. The second-order valence-electron chi connectivity index (χ2n) is 4.60. The maximum Gasteiger partial charge on any atom is 0.419 e. The number of aryl methyl sites for hydroxylation is 1. The van der Waals surface area contributed by atoms with Crippen molar-refractivity contribution in [2.75, 3.05) is 7.11 Å². The maximum absolute atomic E-state index is 14.1. The SMILES string of the molecule is COc1cc(F)c2c(c1)cc(C)n2C(=O)OC(C)C. The molecule has 0 aliphatic heterocycles. The van der Waals surface area contributed by atoms with Crippen LogP contribution in [0.15, 0.2) is 18.2 Å². The van der Waals surface area contributed by atoms with E-state index in [1.807, 2.05) is 0 Å². The lowest BCUT2D eigenvalue weighted by atomic mass is 10.2. The number of hydrogen-bond donors (Lipinski definition) is 0. The molecule has 1 aromatic heterocycles. The van der Waals surface area contributed by atoms with Crippen LogP contribution in [0.2, 0.25) is 0 Å². The van der Waals surface area contributed by atoms with Crippen molar-refractivity contribution < 1.29 is 18.7 Å². The number of halogens is 1. The van der Waals surface area contributed by atoms with Gasteiger partial charge < -0.3 is 9.47 Å². The van der Waals surface area contributed by atoms with E-state index in [0.717, 1.165) is 0 Å². The Bertz CT molecular complexity index is 631. The number of ether oxygens (including phenoxy) is 2. The van der Waals surface area contributed by atoms with Crippen LogP contribution in [0.1, 0.15) is 19.5 Å². The van der Waals surface area contributed by atoms with Crippen LogP contribution in [0, 0.1) is 12.7 Å². The predicted molar refractivity (Wildman–Crippen MR) is 70.2 cm³/mol. The first-order chi connectivity index (χ1) is 8.93. The molecular weight excluding hydrogens is 249 g/mol. The van der Waals surface area contributed by atoms with E-state index in [1.165, 1.54) is 17.7 Å². The molecule has 0 atom stereocenters. The third-order valence-electron chi connectivity index (χ3n) is 2.76. The minimum absolute atomic E-state index is 0.212. The van der Waals surface area contributed by atoms with Gasteiger partial charge in [0.15, 0.2) is 5.82 Å². The molecule has 4 nitrogen and oxygen atoms in total. The second-order valence-corrected chi connectivity index (χ2v) is 4.60. The monoisotopic (exact) mass is 265 g/mol. The van der Waals surface area contributed by atoms with Crippen LogP contribution in [-0.2, 0) is 4.74 Å². The molecule has 5 heteroatoms. The number of fused-ring (bicyclic) bond motifs is 1.